The third kappa shape index (κ3) is 3.50. The molecule has 3 N–H and O–H groups in total. The summed E-state index contributed by atoms with van der Waals surface area (Å²) >= 11 is 0. The van der Waals surface area contributed by atoms with Crippen molar-refractivity contribution >= 4 is 23.0 Å². The van der Waals surface area contributed by atoms with E-state index in [0.717, 1.165) is 23.3 Å². The van der Waals surface area contributed by atoms with E-state index < -0.39 is 5.97 Å². The first kappa shape index (κ1) is 16.3. The molecule has 7 heteroatoms. The van der Waals surface area contributed by atoms with Gasteiger partial charge in [-0.05, 0) is 18.6 Å². The van der Waals surface area contributed by atoms with Crippen LogP contribution >= 0.6 is 0 Å². The zero-order chi connectivity index (χ0) is 17.1. The molecule has 2 amide bonds. The highest BCUT2D eigenvalue weighted by Gasteiger charge is 2.34. The highest BCUT2D eigenvalue weighted by Crippen LogP contribution is 2.26. The van der Waals surface area contributed by atoms with Gasteiger partial charge in [0.25, 0.3) is 0 Å². The number of carbonyl (C=O) groups excluding carboxylic acids is 1. The molecule has 1 aromatic carbocycles. The van der Waals surface area contributed by atoms with Crippen molar-refractivity contribution in [2.24, 2.45) is 0 Å². The van der Waals surface area contributed by atoms with E-state index in [1.54, 1.807) is 4.90 Å². The third-order valence-corrected chi connectivity index (χ3v) is 4.35. The Balaban J connectivity index is 1.55. The van der Waals surface area contributed by atoms with E-state index in [1.807, 2.05) is 31.2 Å². The lowest BCUT2D eigenvalue weighted by molar-refractivity contribution is -0.137. The lowest BCUT2D eigenvalue weighted by atomic mass is 10.00. The van der Waals surface area contributed by atoms with E-state index in [0.29, 0.717) is 19.5 Å². The van der Waals surface area contributed by atoms with Gasteiger partial charge in [0.05, 0.1) is 23.4 Å². The second-order valence-corrected chi connectivity index (χ2v) is 6.27. The first-order chi connectivity index (χ1) is 11.6. The molecular formula is C17H22N4O3. The predicted molar refractivity (Wildman–Crippen MR) is 89.9 cm³/mol. The van der Waals surface area contributed by atoms with Crippen molar-refractivity contribution < 1.29 is 14.7 Å². The van der Waals surface area contributed by atoms with Crippen LogP contribution in [0.15, 0.2) is 24.3 Å². The lowest BCUT2D eigenvalue weighted by Crippen LogP contribution is -2.54. The molecule has 2 aromatic rings. The van der Waals surface area contributed by atoms with Gasteiger partial charge in [-0.1, -0.05) is 25.5 Å². The van der Waals surface area contributed by atoms with Gasteiger partial charge in [0.2, 0.25) is 0 Å². The maximum absolute atomic E-state index is 12.2. The second kappa shape index (κ2) is 6.90. The molecule has 0 unspecified atom stereocenters. The monoisotopic (exact) mass is 330 g/mol. The Morgan fingerprint density at radius 3 is 2.83 bits per heavy atom. The molecule has 1 atom stereocenters. The number of aromatic amines is 1. The Hall–Kier alpha value is -2.57. The average molecular weight is 330 g/mol. The number of imidazole rings is 1. The largest absolute Gasteiger partial charge is 0.481 e. The smallest absolute Gasteiger partial charge is 0.317 e. The number of carbonyl (C=O) groups is 2. The minimum atomic E-state index is -0.891. The molecule has 7 nitrogen and oxygen atoms in total. The molecule has 1 aromatic heterocycles. The number of aliphatic carboxylic acids is 1. The van der Waals surface area contributed by atoms with Crippen LogP contribution in [0.3, 0.4) is 0 Å². The van der Waals surface area contributed by atoms with Gasteiger partial charge in [0, 0.05) is 19.1 Å². The molecule has 0 aliphatic carbocycles. The second-order valence-electron chi connectivity index (χ2n) is 6.27. The van der Waals surface area contributed by atoms with Crippen LogP contribution in [0.5, 0.6) is 0 Å². The number of carboxylic acids is 1. The average Bonchev–Trinajstić information content (AvgIpc) is 2.88. The van der Waals surface area contributed by atoms with E-state index in [2.05, 4.69) is 15.3 Å². The van der Waals surface area contributed by atoms with Crippen LogP contribution < -0.4 is 5.32 Å². The number of H-pyrrole nitrogens is 1. The van der Waals surface area contributed by atoms with Gasteiger partial charge in [-0.15, -0.1) is 0 Å². The van der Waals surface area contributed by atoms with Crippen LogP contribution in [0.1, 0.15) is 37.9 Å². The molecule has 0 bridgehead atoms. The van der Waals surface area contributed by atoms with Gasteiger partial charge >= 0.3 is 12.0 Å². The van der Waals surface area contributed by atoms with Crippen molar-refractivity contribution in [3.8, 4) is 0 Å². The van der Waals surface area contributed by atoms with Gasteiger partial charge in [-0.2, -0.15) is 0 Å². The standard InChI is InChI=1S/C17H22N4O3/c1-2-5-12(8-15(22)23)18-17(24)21-9-11(10-21)16-19-13-6-3-4-7-14(13)20-16/h3-4,6-7,11-12H,2,5,8-10H2,1H3,(H,18,24)(H,19,20)(H,22,23)/t12-/m0/s1. The van der Waals surface area contributed by atoms with Crippen LogP contribution in [0.4, 0.5) is 4.79 Å². The number of hydrogen-bond donors (Lipinski definition) is 3. The third-order valence-electron chi connectivity index (χ3n) is 4.35. The van der Waals surface area contributed by atoms with Crippen molar-refractivity contribution in [1.29, 1.82) is 0 Å². The molecule has 1 saturated heterocycles. The number of carboxylic acid groups (broad SMARTS) is 1. The first-order valence-corrected chi connectivity index (χ1v) is 8.28. The van der Waals surface area contributed by atoms with Crippen LogP contribution in [-0.2, 0) is 4.79 Å². The Morgan fingerprint density at radius 1 is 1.42 bits per heavy atom. The van der Waals surface area contributed by atoms with Gasteiger partial charge in [-0.25, -0.2) is 9.78 Å². The number of urea groups is 1. The number of nitrogens with one attached hydrogen (secondary N) is 2. The van der Waals surface area contributed by atoms with Crippen LogP contribution in [0.25, 0.3) is 11.0 Å². The molecule has 0 saturated carbocycles. The van der Waals surface area contributed by atoms with Gasteiger partial charge in [-0.3, -0.25) is 4.79 Å². The normalized spacial score (nSPS) is 16.0. The fourth-order valence-electron chi connectivity index (χ4n) is 3.03. The summed E-state index contributed by atoms with van der Waals surface area (Å²) in [5, 5.41) is 11.7. The number of aromatic nitrogens is 2. The molecule has 1 fully saturated rings. The van der Waals surface area contributed by atoms with E-state index in [9.17, 15) is 9.59 Å². The molecule has 0 radical (unpaired) electrons. The van der Waals surface area contributed by atoms with Crippen molar-refractivity contribution in [2.75, 3.05) is 13.1 Å². The van der Waals surface area contributed by atoms with Gasteiger partial charge in [0.15, 0.2) is 0 Å². The predicted octanol–water partition coefficient (Wildman–Crippen LogP) is 2.32. The summed E-state index contributed by atoms with van der Waals surface area (Å²) < 4.78 is 0. The fraction of sp³-hybridized carbons (Fsp3) is 0.471. The Kier molecular flexibility index (Phi) is 4.69. The van der Waals surface area contributed by atoms with Crippen LogP contribution in [-0.4, -0.2) is 51.1 Å². The summed E-state index contributed by atoms with van der Waals surface area (Å²) in [7, 11) is 0. The first-order valence-electron chi connectivity index (χ1n) is 8.28. The van der Waals surface area contributed by atoms with E-state index in [1.165, 1.54) is 0 Å². The summed E-state index contributed by atoms with van der Waals surface area (Å²) in [4.78, 5) is 32.7. The highest BCUT2D eigenvalue weighted by molar-refractivity contribution is 5.77. The lowest BCUT2D eigenvalue weighted by Gasteiger charge is -2.38. The Bertz CT molecular complexity index is 703. The fourth-order valence-corrected chi connectivity index (χ4v) is 3.03. The summed E-state index contributed by atoms with van der Waals surface area (Å²) in [5.41, 5.74) is 1.93. The van der Waals surface area contributed by atoms with Gasteiger partial charge < -0.3 is 20.3 Å². The van der Waals surface area contributed by atoms with Gasteiger partial charge in [0.1, 0.15) is 5.82 Å². The zero-order valence-electron chi connectivity index (χ0n) is 13.7. The van der Waals surface area contributed by atoms with E-state index >= 15 is 0 Å². The summed E-state index contributed by atoms with van der Waals surface area (Å²) in [6, 6.07) is 7.34. The maximum atomic E-state index is 12.2. The number of rotatable bonds is 6. The minimum absolute atomic E-state index is 0.0412. The summed E-state index contributed by atoms with van der Waals surface area (Å²) in [6.07, 6.45) is 1.46. The zero-order valence-corrected chi connectivity index (χ0v) is 13.7. The SMILES string of the molecule is CCC[C@@H](CC(=O)O)NC(=O)N1CC(c2nc3ccccc3[nH]2)C1. The molecule has 128 valence electrons. The van der Waals surface area contributed by atoms with Crippen molar-refractivity contribution in [1.82, 2.24) is 20.2 Å². The molecule has 0 spiro atoms. The Morgan fingerprint density at radius 2 is 2.17 bits per heavy atom. The number of amides is 2. The van der Waals surface area contributed by atoms with Crippen LogP contribution in [0.2, 0.25) is 0 Å². The minimum Gasteiger partial charge on any atom is -0.481 e. The molecular weight excluding hydrogens is 308 g/mol. The number of benzene rings is 1. The molecule has 1 aliphatic heterocycles. The van der Waals surface area contributed by atoms with Crippen molar-refractivity contribution in [2.45, 2.75) is 38.1 Å². The highest BCUT2D eigenvalue weighted by atomic mass is 16.4. The number of hydrogen-bond acceptors (Lipinski definition) is 3. The molecule has 2 heterocycles. The molecule has 1 aliphatic rings. The van der Waals surface area contributed by atoms with E-state index in [4.69, 9.17) is 5.11 Å². The number of nitrogens with zero attached hydrogens (tertiary/aromatic N) is 2. The topological polar surface area (TPSA) is 98.3 Å². The Labute approximate surface area is 140 Å². The summed E-state index contributed by atoms with van der Waals surface area (Å²) in [6.45, 7) is 3.16. The number of likely N-dealkylation sites (tertiary alicyclic amines) is 1. The number of para-hydroxylation sites is 2. The summed E-state index contributed by atoms with van der Waals surface area (Å²) in [5.74, 6) is 0.209. The van der Waals surface area contributed by atoms with Crippen molar-refractivity contribution in [3.05, 3.63) is 30.1 Å². The maximum Gasteiger partial charge on any atom is 0.317 e. The van der Waals surface area contributed by atoms with E-state index in [-0.39, 0.29) is 24.4 Å². The molecule has 3 rings (SSSR count). The molecule has 24 heavy (non-hydrogen) atoms. The quantitative estimate of drug-likeness (QED) is 0.757. The number of fused-ring (bicyclic) bond motifs is 1. The van der Waals surface area contributed by atoms with Crippen LogP contribution in [0, 0.1) is 0 Å². The van der Waals surface area contributed by atoms with Crippen molar-refractivity contribution in [3.63, 3.8) is 0 Å².